The normalized spacial score (nSPS) is 11.4. The van der Waals surface area contributed by atoms with Crippen molar-refractivity contribution in [3.05, 3.63) is 28.7 Å². The van der Waals surface area contributed by atoms with E-state index in [0.29, 0.717) is 0 Å². The van der Waals surface area contributed by atoms with Gasteiger partial charge in [-0.1, -0.05) is 90.8 Å². The Morgan fingerprint density at radius 1 is 1.00 bits per heavy atom. The first-order chi connectivity index (χ1) is 7.84. The van der Waals surface area contributed by atoms with Gasteiger partial charge in [0.25, 0.3) is 0 Å². The molecule has 2 heteroatoms. The van der Waals surface area contributed by atoms with Crippen LogP contribution in [0.2, 0.25) is 6.04 Å². The number of benzene rings is 1. The molecule has 0 bridgehead atoms. The minimum atomic E-state index is -0.0267. The Morgan fingerprint density at radius 3 is 2.44 bits per heavy atom. The molecule has 0 amide bonds. The van der Waals surface area contributed by atoms with E-state index in [4.69, 9.17) is 0 Å². The van der Waals surface area contributed by atoms with Gasteiger partial charge in [-0.3, -0.25) is 0 Å². The van der Waals surface area contributed by atoms with Gasteiger partial charge in [0, 0.05) is 4.47 Å². The highest BCUT2D eigenvalue weighted by molar-refractivity contribution is 9.10. The quantitative estimate of drug-likeness (QED) is 0.502. The van der Waals surface area contributed by atoms with Gasteiger partial charge in [-0.05, 0) is 6.07 Å². The third-order valence-electron chi connectivity index (χ3n) is 3.01. The largest absolute Gasteiger partial charge is 0.0654 e. The predicted molar refractivity (Wildman–Crippen MR) is 80.5 cm³/mol. The zero-order valence-electron chi connectivity index (χ0n) is 10.3. The Morgan fingerprint density at radius 2 is 1.69 bits per heavy atom. The molecule has 1 rings (SSSR count). The van der Waals surface area contributed by atoms with Crippen molar-refractivity contribution in [2.75, 3.05) is 0 Å². The van der Waals surface area contributed by atoms with Crippen molar-refractivity contribution in [2.24, 2.45) is 0 Å². The van der Waals surface area contributed by atoms with Crippen LogP contribution in [0, 0.1) is 0 Å². The van der Waals surface area contributed by atoms with Crippen LogP contribution >= 0.6 is 15.9 Å². The summed E-state index contributed by atoms with van der Waals surface area (Å²) in [7, 11) is -0.0267. The monoisotopic (exact) mass is 298 g/mol. The fourth-order valence-electron chi connectivity index (χ4n) is 1.97. The van der Waals surface area contributed by atoms with E-state index in [9.17, 15) is 0 Å². The Hall–Kier alpha value is -0.0831. The van der Waals surface area contributed by atoms with Crippen LogP contribution in [0.1, 0.15) is 45.4 Å². The molecule has 0 aliphatic heterocycles. The molecule has 0 atom stereocenters. The van der Waals surface area contributed by atoms with Crippen LogP contribution in [0.25, 0.3) is 0 Å². The summed E-state index contributed by atoms with van der Waals surface area (Å²) in [5.74, 6) is 0. The van der Waals surface area contributed by atoms with Gasteiger partial charge in [0.05, 0.1) is 9.52 Å². The van der Waals surface area contributed by atoms with Gasteiger partial charge < -0.3 is 0 Å². The van der Waals surface area contributed by atoms with Crippen molar-refractivity contribution in [1.29, 1.82) is 0 Å². The lowest BCUT2D eigenvalue weighted by molar-refractivity contribution is 0.624. The topological polar surface area (TPSA) is 0 Å². The average Bonchev–Trinajstić information content (AvgIpc) is 2.30. The minimum absolute atomic E-state index is 0.0267. The van der Waals surface area contributed by atoms with E-state index in [-0.39, 0.29) is 9.52 Å². The smallest absolute Gasteiger partial charge is 0.0562 e. The molecule has 0 aromatic heterocycles. The molecule has 90 valence electrons. The van der Waals surface area contributed by atoms with E-state index in [1.165, 1.54) is 49.0 Å². The molecule has 0 radical (unpaired) electrons. The van der Waals surface area contributed by atoms with Gasteiger partial charge >= 0.3 is 0 Å². The summed E-state index contributed by atoms with van der Waals surface area (Å²) in [5, 5.41) is 1.59. The van der Waals surface area contributed by atoms with E-state index in [1.807, 2.05) is 0 Å². The van der Waals surface area contributed by atoms with Crippen molar-refractivity contribution in [3.63, 3.8) is 0 Å². The second kappa shape index (κ2) is 9.00. The standard InChI is InChI=1S/C14H23BrSi/c1-2-3-4-5-6-9-12-16-14-11-8-7-10-13(14)15/h7-8,10-11H,2-6,9,12,16H2,1H3. The van der Waals surface area contributed by atoms with Crippen molar-refractivity contribution in [2.45, 2.75) is 51.5 Å². The maximum Gasteiger partial charge on any atom is 0.0562 e. The molecule has 0 heterocycles. The highest BCUT2D eigenvalue weighted by Gasteiger charge is 1.98. The second-order valence-electron chi connectivity index (χ2n) is 4.46. The SMILES string of the molecule is CCCCCCCC[SiH2]c1ccccc1Br. The number of hydrogen-bond acceptors (Lipinski definition) is 0. The third-order valence-corrected chi connectivity index (χ3v) is 6.31. The van der Waals surface area contributed by atoms with Gasteiger partial charge in [0.2, 0.25) is 0 Å². The predicted octanol–water partition coefficient (Wildman–Crippen LogP) is 4.02. The molecule has 0 N–H and O–H groups in total. The van der Waals surface area contributed by atoms with Crippen LogP contribution in [0.4, 0.5) is 0 Å². The Balaban J connectivity index is 2.05. The van der Waals surface area contributed by atoms with Crippen LogP contribution in [-0.2, 0) is 0 Å². The van der Waals surface area contributed by atoms with Gasteiger partial charge in [0.15, 0.2) is 0 Å². The molecule has 0 unspecified atom stereocenters. The Bertz CT molecular complexity index is 286. The molecule has 0 fully saturated rings. The molecule has 0 nitrogen and oxygen atoms in total. The van der Waals surface area contributed by atoms with Gasteiger partial charge in [-0.2, -0.15) is 0 Å². The molecule has 0 aliphatic rings. The van der Waals surface area contributed by atoms with Gasteiger partial charge in [0.1, 0.15) is 0 Å². The number of halogens is 1. The molecule has 0 saturated carbocycles. The lowest BCUT2D eigenvalue weighted by atomic mass is 10.1. The number of rotatable bonds is 8. The highest BCUT2D eigenvalue weighted by atomic mass is 79.9. The first-order valence-corrected chi connectivity index (χ1v) is 9.08. The minimum Gasteiger partial charge on any atom is -0.0654 e. The van der Waals surface area contributed by atoms with Crippen LogP contribution < -0.4 is 5.19 Å². The van der Waals surface area contributed by atoms with Crippen LogP contribution in [0.15, 0.2) is 28.7 Å². The summed E-state index contributed by atoms with van der Waals surface area (Å²) in [6.07, 6.45) is 8.54. The first-order valence-electron chi connectivity index (χ1n) is 6.58. The first kappa shape index (κ1) is 14.0. The van der Waals surface area contributed by atoms with Crippen LogP contribution in [-0.4, -0.2) is 9.52 Å². The number of unbranched alkanes of at least 4 members (excludes halogenated alkanes) is 5. The van der Waals surface area contributed by atoms with Gasteiger partial charge in [-0.15, -0.1) is 0 Å². The van der Waals surface area contributed by atoms with E-state index >= 15 is 0 Å². The second-order valence-corrected chi connectivity index (χ2v) is 7.29. The molecule has 0 aliphatic carbocycles. The summed E-state index contributed by atoms with van der Waals surface area (Å²) in [4.78, 5) is 0. The summed E-state index contributed by atoms with van der Waals surface area (Å²) in [6.45, 7) is 2.28. The van der Waals surface area contributed by atoms with Crippen molar-refractivity contribution in [3.8, 4) is 0 Å². The van der Waals surface area contributed by atoms with Crippen LogP contribution in [0.3, 0.4) is 0 Å². The molecule has 0 saturated heterocycles. The summed E-state index contributed by atoms with van der Waals surface area (Å²) < 4.78 is 1.33. The highest BCUT2D eigenvalue weighted by Crippen LogP contribution is 2.09. The van der Waals surface area contributed by atoms with E-state index < -0.39 is 0 Å². The fraction of sp³-hybridized carbons (Fsp3) is 0.571. The molecule has 1 aromatic rings. The van der Waals surface area contributed by atoms with Crippen molar-refractivity contribution in [1.82, 2.24) is 0 Å². The molecular formula is C14H23BrSi. The van der Waals surface area contributed by atoms with Crippen LogP contribution in [0.5, 0.6) is 0 Å². The summed E-state index contributed by atoms with van der Waals surface area (Å²) in [6, 6.07) is 10.2. The zero-order chi connectivity index (χ0) is 11.6. The molecule has 1 aromatic carbocycles. The van der Waals surface area contributed by atoms with E-state index in [0.717, 1.165) is 0 Å². The number of hydrogen-bond donors (Lipinski definition) is 0. The average molecular weight is 299 g/mol. The summed E-state index contributed by atoms with van der Waals surface area (Å²) >= 11 is 3.63. The van der Waals surface area contributed by atoms with E-state index in [1.54, 1.807) is 5.19 Å². The lowest BCUT2D eigenvalue weighted by Gasteiger charge is -2.03. The zero-order valence-corrected chi connectivity index (χ0v) is 13.3. The maximum atomic E-state index is 3.63. The van der Waals surface area contributed by atoms with Crippen molar-refractivity contribution >= 4 is 30.6 Å². The fourth-order valence-corrected chi connectivity index (χ4v) is 4.50. The maximum absolute atomic E-state index is 3.63. The van der Waals surface area contributed by atoms with Crippen molar-refractivity contribution < 1.29 is 0 Å². The Labute approximate surface area is 111 Å². The molecule has 16 heavy (non-hydrogen) atoms. The lowest BCUT2D eigenvalue weighted by Crippen LogP contribution is -2.14. The molecular weight excluding hydrogens is 276 g/mol. The van der Waals surface area contributed by atoms with Gasteiger partial charge in [-0.25, -0.2) is 0 Å². The third kappa shape index (κ3) is 5.85. The van der Waals surface area contributed by atoms with E-state index in [2.05, 4.69) is 47.1 Å². The summed E-state index contributed by atoms with van der Waals surface area (Å²) in [5.41, 5.74) is 0. The molecule has 0 spiro atoms. The Kier molecular flexibility index (Phi) is 7.86.